The number of aliphatic hydroxyl groups excluding tert-OH is 1. The largest absolute Gasteiger partial charge is 0.467 e. The fourth-order valence-electron chi connectivity index (χ4n) is 1.94. The normalized spacial score (nSPS) is 10.5. The number of methoxy groups -OCH3 is 1. The van der Waals surface area contributed by atoms with Gasteiger partial charge in [0, 0.05) is 12.6 Å². The van der Waals surface area contributed by atoms with Gasteiger partial charge in [0.05, 0.1) is 37.2 Å². The second kappa shape index (κ2) is 7.49. The molecule has 1 N–H and O–H groups in total. The highest BCUT2D eigenvalue weighted by atomic mass is 35.5. The molecule has 0 saturated carbocycles. The van der Waals surface area contributed by atoms with Crippen molar-refractivity contribution in [2.45, 2.75) is 6.54 Å². The molecule has 0 aliphatic rings. The van der Waals surface area contributed by atoms with E-state index in [1.807, 2.05) is 0 Å². The molecule has 0 spiro atoms. The van der Waals surface area contributed by atoms with Crippen LogP contribution in [0.4, 0.5) is 5.69 Å². The van der Waals surface area contributed by atoms with Crippen LogP contribution < -0.4 is 4.90 Å². The fraction of sp³-hybridized carbons (Fsp3) is 0.286. The van der Waals surface area contributed by atoms with Crippen molar-refractivity contribution in [2.75, 3.05) is 25.2 Å². The van der Waals surface area contributed by atoms with Crippen molar-refractivity contribution >= 4 is 34.9 Å². The van der Waals surface area contributed by atoms with Gasteiger partial charge in [-0.05, 0) is 12.1 Å². The van der Waals surface area contributed by atoms with E-state index in [9.17, 15) is 9.90 Å². The van der Waals surface area contributed by atoms with Gasteiger partial charge in [-0.25, -0.2) is 9.78 Å². The second-order valence-electron chi connectivity index (χ2n) is 4.34. The first kappa shape index (κ1) is 16.6. The first-order valence-corrected chi connectivity index (χ1v) is 7.15. The number of aromatic nitrogens is 1. The molecule has 0 fully saturated rings. The predicted octanol–water partition coefficient (Wildman–Crippen LogP) is 2.77. The van der Waals surface area contributed by atoms with E-state index in [0.29, 0.717) is 18.0 Å². The van der Waals surface area contributed by atoms with Crippen LogP contribution in [0.15, 0.2) is 28.9 Å². The summed E-state index contributed by atoms with van der Waals surface area (Å²) in [6.07, 6.45) is 1.55. The zero-order valence-electron chi connectivity index (χ0n) is 11.8. The number of pyridine rings is 1. The van der Waals surface area contributed by atoms with E-state index in [1.54, 1.807) is 23.3 Å². The number of carbonyl (C=O) groups excluding carboxylic acids is 1. The molecular weight excluding hydrogens is 331 g/mol. The maximum absolute atomic E-state index is 11.7. The lowest BCUT2D eigenvalue weighted by Gasteiger charge is -2.24. The van der Waals surface area contributed by atoms with Crippen molar-refractivity contribution in [3.8, 4) is 0 Å². The molecule has 8 heteroatoms. The molecule has 22 heavy (non-hydrogen) atoms. The number of ether oxygens (including phenoxy) is 1. The monoisotopic (exact) mass is 344 g/mol. The van der Waals surface area contributed by atoms with Gasteiger partial charge in [0.1, 0.15) is 10.9 Å². The lowest BCUT2D eigenvalue weighted by Crippen LogP contribution is -2.27. The molecule has 6 nitrogen and oxygen atoms in total. The summed E-state index contributed by atoms with van der Waals surface area (Å²) in [5.74, 6) is -0.00670. The van der Waals surface area contributed by atoms with Gasteiger partial charge in [-0.2, -0.15) is 0 Å². The van der Waals surface area contributed by atoms with E-state index < -0.39 is 5.97 Å². The number of esters is 1. The zero-order chi connectivity index (χ0) is 16.1. The Labute approximate surface area is 137 Å². The predicted molar refractivity (Wildman–Crippen MR) is 82.4 cm³/mol. The van der Waals surface area contributed by atoms with Crippen LogP contribution in [0.25, 0.3) is 0 Å². The molecule has 2 aromatic rings. The Hall–Kier alpha value is -1.76. The summed E-state index contributed by atoms with van der Waals surface area (Å²) in [6.45, 7) is 0.528. The number of rotatable bonds is 6. The van der Waals surface area contributed by atoms with Gasteiger partial charge in [-0.3, -0.25) is 0 Å². The maximum atomic E-state index is 11.7. The van der Waals surface area contributed by atoms with Crippen LogP contribution in [0.3, 0.4) is 0 Å². The van der Waals surface area contributed by atoms with E-state index in [-0.39, 0.29) is 29.0 Å². The molecule has 0 aliphatic heterocycles. The highest BCUT2D eigenvalue weighted by molar-refractivity contribution is 6.37. The van der Waals surface area contributed by atoms with Gasteiger partial charge in [0.2, 0.25) is 0 Å². The second-order valence-corrected chi connectivity index (χ2v) is 5.11. The van der Waals surface area contributed by atoms with Gasteiger partial charge < -0.3 is 19.2 Å². The molecule has 118 valence electrons. The Kier molecular flexibility index (Phi) is 5.65. The van der Waals surface area contributed by atoms with Crippen molar-refractivity contribution in [2.24, 2.45) is 0 Å². The van der Waals surface area contributed by atoms with E-state index >= 15 is 0 Å². The Morgan fingerprint density at radius 1 is 1.50 bits per heavy atom. The zero-order valence-corrected chi connectivity index (χ0v) is 13.3. The standard InChI is InChI=1S/C14H14Cl2N2O4/c1-21-14(20)13-12(16)10(7-11(15)17-13)18(4-5-19)8-9-3-2-6-22-9/h2-3,6-7,19H,4-5,8H2,1H3. The van der Waals surface area contributed by atoms with Gasteiger partial charge >= 0.3 is 5.97 Å². The molecule has 2 rings (SSSR count). The van der Waals surface area contributed by atoms with Crippen molar-refractivity contribution in [1.29, 1.82) is 0 Å². The average molecular weight is 345 g/mol. The first-order chi connectivity index (χ1) is 10.6. The van der Waals surface area contributed by atoms with Crippen LogP contribution >= 0.6 is 23.2 Å². The fourth-order valence-corrected chi connectivity index (χ4v) is 2.43. The van der Waals surface area contributed by atoms with Crippen LogP contribution in [-0.4, -0.2) is 36.3 Å². The molecule has 0 amide bonds. The number of halogens is 2. The third kappa shape index (κ3) is 3.71. The third-order valence-corrected chi connectivity index (χ3v) is 3.49. The third-order valence-electron chi connectivity index (χ3n) is 2.92. The number of furan rings is 1. The molecule has 0 atom stereocenters. The quantitative estimate of drug-likeness (QED) is 0.641. The topological polar surface area (TPSA) is 75.8 Å². The van der Waals surface area contributed by atoms with E-state index in [1.165, 1.54) is 13.2 Å². The summed E-state index contributed by atoms with van der Waals surface area (Å²) in [5.41, 5.74) is 0.390. The van der Waals surface area contributed by atoms with Crippen molar-refractivity contribution in [3.05, 3.63) is 46.1 Å². The molecular formula is C14H14Cl2N2O4. The van der Waals surface area contributed by atoms with Crippen LogP contribution in [0.1, 0.15) is 16.2 Å². The number of carbonyl (C=O) groups is 1. The molecule has 0 aromatic carbocycles. The number of hydrogen-bond acceptors (Lipinski definition) is 6. The van der Waals surface area contributed by atoms with Gasteiger partial charge in [-0.15, -0.1) is 0 Å². The summed E-state index contributed by atoms with van der Waals surface area (Å²) in [5, 5.41) is 9.46. The highest BCUT2D eigenvalue weighted by Gasteiger charge is 2.21. The lowest BCUT2D eigenvalue weighted by molar-refractivity contribution is 0.0594. The number of nitrogens with zero attached hydrogens (tertiary/aromatic N) is 2. The molecule has 0 bridgehead atoms. The van der Waals surface area contributed by atoms with Crippen LogP contribution in [0, 0.1) is 0 Å². The van der Waals surface area contributed by atoms with Crippen LogP contribution in [-0.2, 0) is 11.3 Å². The smallest absolute Gasteiger partial charge is 0.358 e. The minimum Gasteiger partial charge on any atom is -0.467 e. The maximum Gasteiger partial charge on any atom is 0.358 e. The molecule has 2 heterocycles. The Bertz CT molecular complexity index is 647. The molecule has 0 unspecified atom stereocenters. The minimum absolute atomic E-state index is 0.0750. The minimum atomic E-state index is -0.685. The molecule has 0 radical (unpaired) electrons. The summed E-state index contributed by atoms with van der Waals surface area (Å²) in [4.78, 5) is 17.3. The molecule has 2 aromatic heterocycles. The lowest BCUT2D eigenvalue weighted by atomic mass is 10.2. The van der Waals surface area contributed by atoms with E-state index in [0.717, 1.165) is 0 Å². The Morgan fingerprint density at radius 3 is 2.86 bits per heavy atom. The number of anilines is 1. The van der Waals surface area contributed by atoms with Crippen LogP contribution in [0.2, 0.25) is 10.2 Å². The van der Waals surface area contributed by atoms with Crippen LogP contribution in [0.5, 0.6) is 0 Å². The van der Waals surface area contributed by atoms with Crippen molar-refractivity contribution in [3.63, 3.8) is 0 Å². The summed E-state index contributed by atoms with van der Waals surface area (Å²) >= 11 is 12.2. The summed E-state index contributed by atoms with van der Waals surface area (Å²) in [7, 11) is 1.23. The first-order valence-electron chi connectivity index (χ1n) is 6.39. The molecule has 0 saturated heterocycles. The van der Waals surface area contributed by atoms with Gasteiger partial charge in [0.25, 0.3) is 0 Å². The van der Waals surface area contributed by atoms with E-state index in [2.05, 4.69) is 9.72 Å². The van der Waals surface area contributed by atoms with Gasteiger partial charge in [0.15, 0.2) is 5.69 Å². The Balaban J connectivity index is 2.42. The van der Waals surface area contributed by atoms with E-state index in [4.69, 9.17) is 27.6 Å². The average Bonchev–Trinajstić information content (AvgIpc) is 3.01. The summed E-state index contributed by atoms with van der Waals surface area (Å²) in [6, 6.07) is 5.07. The number of aliphatic hydroxyl groups is 1. The van der Waals surface area contributed by atoms with Crippen molar-refractivity contribution in [1.82, 2.24) is 4.98 Å². The number of hydrogen-bond donors (Lipinski definition) is 1. The summed E-state index contributed by atoms with van der Waals surface area (Å²) < 4.78 is 9.94. The van der Waals surface area contributed by atoms with Crippen molar-refractivity contribution < 1.29 is 19.1 Å². The van der Waals surface area contributed by atoms with Gasteiger partial charge in [-0.1, -0.05) is 23.2 Å². The SMILES string of the molecule is COC(=O)c1nc(Cl)cc(N(CCO)Cc2ccco2)c1Cl. The highest BCUT2D eigenvalue weighted by Crippen LogP contribution is 2.32. The Morgan fingerprint density at radius 2 is 2.27 bits per heavy atom. The molecule has 0 aliphatic carbocycles.